The van der Waals surface area contributed by atoms with E-state index in [9.17, 15) is 9.59 Å². The van der Waals surface area contributed by atoms with Crippen molar-refractivity contribution in [1.29, 1.82) is 0 Å². The molecule has 6 heteroatoms. The van der Waals surface area contributed by atoms with E-state index in [4.69, 9.17) is 0 Å². The monoisotopic (exact) mass is 287 g/mol. The molecule has 0 radical (unpaired) electrons. The second kappa shape index (κ2) is 8.43. The summed E-state index contributed by atoms with van der Waals surface area (Å²) in [6.07, 6.45) is 3.12. The lowest BCUT2D eigenvalue weighted by atomic mass is 10.0. The van der Waals surface area contributed by atoms with Crippen LogP contribution in [0.15, 0.2) is 0 Å². The maximum absolute atomic E-state index is 12.0. The molecule has 1 saturated heterocycles. The van der Waals surface area contributed by atoms with E-state index in [1.807, 2.05) is 0 Å². The topological polar surface area (TPSA) is 61.4 Å². The van der Waals surface area contributed by atoms with Gasteiger partial charge in [0.2, 0.25) is 11.8 Å². The lowest BCUT2D eigenvalue weighted by Crippen LogP contribution is -2.52. The zero-order valence-corrected chi connectivity index (χ0v) is 12.7. The molecule has 1 fully saturated rings. The van der Waals surface area contributed by atoms with Crippen LogP contribution in [0.4, 0.5) is 0 Å². The predicted molar refractivity (Wildman–Crippen MR) is 79.4 cm³/mol. The Labute approximate surface area is 120 Å². The first-order chi connectivity index (χ1) is 9.06. The van der Waals surface area contributed by atoms with Crippen molar-refractivity contribution >= 4 is 24.4 Å². The number of nitrogens with one attached hydrogen (secondary N) is 2. The number of amides is 2. The summed E-state index contributed by atoms with van der Waals surface area (Å²) in [4.78, 5) is 25.4. The maximum Gasteiger partial charge on any atom is 0.243 e. The largest absolute Gasteiger partial charge is 0.351 e. The molecule has 1 heterocycles. The summed E-state index contributed by atoms with van der Waals surface area (Å²) in [7, 11) is 0. The lowest BCUT2D eigenvalue weighted by molar-refractivity contribution is -0.128. The van der Waals surface area contributed by atoms with Crippen molar-refractivity contribution in [3.63, 3.8) is 0 Å². The highest BCUT2D eigenvalue weighted by Gasteiger charge is 2.24. The number of piperidine rings is 1. The Hall–Kier alpha value is -0.750. The summed E-state index contributed by atoms with van der Waals surface area (Å²) in [5.41, 5.74) is 0. The molecule has 2 amide bonds. The quantitative estimate of drug-likeness (QED) is 0.620. The summed E-state index contributed by atoms with van der Waals surface area (Å²) in [5.74, 6) is -0.00814. The van der Waals surface area contributed by atoms with E-state index in [-0.39, 0.29) is 17.9 Å². The molecule has 0 aromatic carbocycles. The van der Waals surface area contributed by atoms with Crippen LogP contribution in [0, 0.1) is 0 Å². The molecule has 19 heavy (non-hydrogen) atoms. The van der Waals surface area contributed by atoms with Gasteiger partial charge in [-0.3, -0.25) is 9.59 Å². The molecule has 1 rings (SSSR count). The Kier molecular flexibility index (Phi) is 7.23. The normalized spacial score (nSPS) is 18.9. The molecular weight excluding hydrogens is 262 g/mol. The predicted octanol–water partition coefficient (Wildman–Crippen LogP) is 0.412. The van der Waals surface area contributed by atoms with Crippen LogP contribution in [0.2, 0.25) is 0 Å². The fourth-order valence-electron chi connectivity index (χ4n) is 2.36. The third kappa shape index (κ3) is 5.82. The maximum atomic E-state index is 12.0. The molecule has 1 unspecified atom stereocenters. The van der Waals surface area contributed by atoms with Gasteiger partial charge < -0.3 is 15.5 Å². The van der Waals surface area contributed by atoms with Crippen LogP contribution in [0.5, 0.6) is 0 Å². The zero-order chi connectivity index (χ0) is 14.3. The Morgan fingerprint density at radius 3 is 2.47 bits per heavy atom. The minimum atomic E-state index is -0.533. The van der Waals surface area contributed by atoms with Crippen LogP contribution in [0.25, 0.3) is 0 Å². The molecule has 0 aliphatic carbocycles. The first-order valence-corrected chi connectivity index (χ1v) is 7.60. The summed E-state index contributed by atoms with van der Waals surface area (Å²) in [5, 5.41) is 5.62. The highest BCUT2D eigenvalue weighted by Crippen LogP contribution is 2.10. The second-order valence-electron chi connectivity index (χ2n) is 5.06. The van der Waals surface area contributed by atoms with Crippen LogP contribution in [0.3, 0.4) is 0 Å². The molecular formula is C13H25N3O2S. The fourth-order valence-corrected chi connectivity index (χ4v) is 2.62. The van der Waals surface area contributed by atoms with Gasteiger partial charge >= 0.3 is 0 Å². The minimum absolute atomic E-state index is 0.126. The number of thiol groups is 1. The van der Waals surface area contributed by atoms with E-state index in [1.54, 1.807) is 0 Å². The number of carbonyl (C=O) groups is 2. The van der Waals surface area contributed by atoms with Crippen LogP contribution in [-0.2, 0) is 9.59 Å². The number of carbonyl (C=O) groups excluding carboxylic acids is 2. The molecule has 0 aromatic heterocycles. The lowest BCUT2D eigenvalue weighted by Gasteiger charge is -2.32. The van der Waals surface area contributed by atoms with E-state index >= 15 is 0 Å². The van der Waals surface area contributed by atoms with Crippen molar-refractivity contribution in [2.45, 2.75) is 45.2 Å². The van der Waals surface area contributed by atoms with Gasteiger partial charge in [-0.2, -0.15) is 12.6 Å². The van der Waals surface area contributed by atoms with Crippen LogP contribution < -0.4 is 10.6 Å². The standard InChI is InChI=1S/C13H25N3O2S/c1-3-6-16-7-4-11(5-8-16)15-13(18)12(9-19)14-10(2)17/h11-12,19H,3-9H2,1-2H3,(H,14,17)(H,15,18). The van der Waals surface area contributed by atoms with E-state index < -0.39 is 6.04 Å². The summed E-state index contributed by atoms with van der Waals surface area (Å²) < 4.78 is 0. The van der Waals surface area contributed by atoms with Gasteiger partial charge in [-0.15, -0.1) is 0 Å². The van der Waals surface area contributed by atoms with Crippen molar-refractivity contribution in [1.82, 2.24) is 15.5 Å². The molecule has 0 saturated carbocycles. The highest BCUT2D eigenvalue weighted by molar-refractivity contribution is 7.80. The number of hydrogen-bond acceptors (Lipinski definition) is 4. The molecule has 1 aliphatic heterocycles. The number of rotatable bonds is 6. The molecule has 0 spiro atoms. The third-order valence-corrected chi connectivity index (χ3v) is 3.72. The summed E-state index contributed by atoms with van der Waals surface area (Å²) in [6, 6.07) is -0.314. The van der Waals surface area contributed by atoms with Crippen molar-refractivity contribution in [2.75, 3.05) is 25.4 Å². The van der Waals surface area contributed by atoms with Gasteiger partial charge in [0.25, 0.3) is 0 Å². The first kappa shape index (κ1) is 16.3. The number of nitrogens with zero attached hydrogens (tertiary/aromatic N) is 1. The van der Waals surface area contributed by atoms with Gasteiger partial charge in [0.05, 0.1) is 0 Å². The first-order valence-electron chi connectivity index (χ1n) is 6.97. The third-order valence-electron chi connectivity index (χ3n) is 3.35. The summed E-state index contributed by atoms with van der Waals surface area (Å²) >= 11 is 4.11. The van der Waals surface area contributed by atoms with Gasteiger partial charge in [-0.1, -0.05) is 6.92 Å². The highest BCUT2D eigenvalue weighted by atomic mass is 32.1. The van der Waals surface area contributed by atoms with Gasteiger partial charge in [0, 0.05) is 31.8 Å². The van der Waals surface area contributed by atoms with Crippen LogP contribution in [0.1, 0.15) is 33.1 Å². The smallest absolute Gasteiger partial charge is 0.243 e. The van der Waals surface area contributed by atoms with Crippen molar-refractivity contribution in [3.8, 4) is 0 Å². The fraction of sp³-hybridized carbons (Fsp3) is 0.846. The molecule has 0 bridgehead atoms. The van der Waals surface area contributed by atoms with Gasteiger partial charge in [0.15, 0.2) is 0 Å². The van der Waals surface area contributed by atoms with Crippen molar-refractivity contribution in [3.05, 3.63) is 0 Å². The minimum Gasteiger partial charge on any atom is -0.351 e. The van der Waals surface area contributed by atoms with Crippen molar-refractivity contribution < 1.29 is 9.59 Å². The Morgan fingerprint density at radius 1 is 1.37 bits per heavy atom. The van der Waals surface area contributed by atoms with Crippen LogP contribution >= 0.6 is 12.6 Å². The molecule has 5 nitrogen and oxygen atoms in total. The molecule has 0 aromatic rings. The Bertz CT molecular complexity index is 304. The summed E-state index contributed by atoms with van der Waals surface area (Å²) in [6.45, 7) is 6.78. The van der Waals surface area contributed by atoms with E-state index in [2.05, 4.69) is 35.1 Å². The number of likely N-dealkylation sites (tertiary alicyclic amines) is 1. The molecule has 2 N–H and O–H groups in total. The van der Waals surface area contributed by atoms with Gasteiger partial charge in [-0.25, -0.2) is 0 Å². The van der Waals surface area contributed by atoms with E-state index in [0.29, 0.717) is 5.75 Å². The van der Waals surface area contributed by atoms with E-state index in [0.717, 1.165) is 32.5 Å². The van der Waals surface area contributed by atoms with Crippen LogP contribution in [-0.4, -0.2) is 54.2 Å². The Balaban J connectivity index is 2.34. The second-order valence-corrected chi connectivity index (χ2v) is 5.43. The zero-order valence-electron chi connectivity index (χ0n) is 11.8. The molecule has 1 aliphatic rings. The average Bonchev–Trinajstić information content (AvgIpc) is 2.38. The van der Waals surface area contributed by atoms with Gasteiger partial charge in [-0.05, 0) is 25.8 Å². The van der Waals surface area contributed by atoms with Gasteiger partial charge in [0.1, 0.15) is 6.04 Å². The average molecular weight is 287 g/mol. The van der Waals surface area contributed by atoms with E-state index in [1.165, 1.54) is 13.3 Å². The molecule has 1 atom stereocenters. The SMILES string of the molecule is CCCN1CCC(NC(=O)C(CS)NC(C)=O)CC1. The number of hydrogen-bond donors (Lipinski definition) is 3. The van der Waals surface area contributed by atoms with Crippen molar-refractivity contribution in [2.24, 2.45) is 0 Å². The molecule has 110 valence electrons. The Morgan fingerprint density at radius 2 is 2.00 bits per heavy atom.